The molecule has 0 spiro atoms. The van der Waals surface area contributed by atoms with Gasteiger partial charge >= 0.3 is 0 Å². The van der Waals surface area contributed by atoms with Gasteiger partial charge in [-0.1, -0.05) is 5.92 Å². The highest BCUT2D eigenvalue weighted by molar-refractivity contribution is 5.93. The molecule has 0 bridgehead atoms. The normalized spacial score (nSPS) is 18.1. The second-order valence-electron chi connectivity index (χ2n) is 5.34. The van der Waals surface area contributed by atoms with Gasteiger partial charge in [0.2, 0.25) is 11.7 Å². The van der Waals surface area contributed by atoms with Gasteiger partial charge in [-0.2, -0.15) is 0 Å². The molecule has 112 valence electrons. The summed E-state index contributed by atoms with van der Waals surface area (Å²) in [7, 11) is 1.69. The van der Waals surface area contributed by atoms with Gasteiger partial charge in [-0.05, 0) is 38.3 Å². The Labute approximate surface area is 120 Å². The molecule has 1 aliphatic heterocycles. The monoisotopic (exact) mass is 280 g/mol. The van der Waals surface area contributed by atoms with Crippen molar-refractivity contribution in [3.8, 4) is 11.8 Å². The zero-order valence-electron chi connectivity index (χ0n) is 12.4. The van der Waals surface area contributed by atoms with Gasteiger partial charge in [0.1, 0.15) is 0 Å². The molecule has 1 saturated heterocycles. The summed E-state index contributed by atoms with van der Waals surface area (Å²) in [5.74, 6) is 4.94. The molecular weight excluding hydrogens is 256 g/mol. The van der Waals surface area contributed by atoms with E-state index in [9.17, 15) is 9.59 Å². The number of likely N-dealkylation sites (tertiary alicyclic amines) is 1. The van der Waals surface area contributed by atoms with Crippen molar-refractivity contribution in [1.29, 1.82) is 0 Å². The Balaban J connectivity index is 2.52. The van der Waals surface area contributed by atoms with Crippen LogP contribution in [0.4, 0.5) is 0 Å². The lowest BCUT2D eigenvalue weighted by atomic mass is 9.74. The van der Waals surface area contributed by atoms with Crippen molar-refractivity contribution in [1.82, 2.24) is 4.90 Å². The molecule has 0 aliphatic carbocycles. The summed E-state index contributed by atoms with van der Waals surface area (Å²) in [5.41, 5.74) is 5.13. The summed E-state index contributed by atoms with van der Waals surface area (Å²) in [6.45, 7) is 4.73. The van der Waals surface area contributed by atoms with Crippen molar-refractivity contribution < 1.29 is 14.3 Å². The second kappa shape index (κ2) is 8.03. The number of hydrogen-bond acceptors (Lipinski definition) is 4. The molecule has 20 heavy (non-hydrogen) atoms. The lowest BCUT2D eigenvalue weighted by molar-refractivity contribution is -0.131. The number of ketones is 1. The minimum atomic E-state index is -0.463. The molecule has 1 rings (SSSR count). The van der Waals surface area contributed by atoms with Gasteiger partial charge in [0.05, 0.1) is 12.0 Å². The predicted molar refractivity (Wildman–Crippen MR) is 76.9 cm³/mol. The zero-order chi connectivity index (χ0) is 15.0. The van der Waals surface area contributed by atoms with Crippen LogP contribution in [0.2, 0.25) is 0 Å². The number of primary amides is 1. The SMILES string of the molecule is COCCN1CCC(CCC#CC(C)=O)(C(N)=O)CC1. The van der Waals surface area contributed by atoms with Crippen LogP contribution in [-0.2, 0) is 14.3 Å². The van der Waals surface area contributed by atoms with Crippen LogP contribution in [0.25, 0.3) is 0 Å². The fourth-order valence-corrected chi connectivity index (χ4v) is 2.53. The number of hydrogen-bond donors (Lipinski definition) is 1. The van der Waals surface area contributed by atoms with Crippen LogP contribution in [0, 0.1) is 17.3 Å². The number of carbonyl (C=O) groups is 2. The van der Waals surface area contributed by atoms with E-state index in [1.807, 2.05) is 0 Å². The highest BCUT2D eigenvalue weighted by atomic mass is 16.5. The van der Waals surface area contributed by atoms with Gasteiger partial charge in [-0.3, -0.25) is 9.59 Å². The zero-order valence-corrected chi connectivity index (χ0v) is 12.4. The van der Waals surface area contributed by atoms with Gasteiger partial charge in [0.25, 0.3) is 0 Å². The third-order valence-electron chi connectivity index (χ3n) is 3.94. The Bertz CT molecular complexity index is 401. The highest BCUT2D eigenvalue weighted by Gasteiger charge is 2.39. The molecule has 0 saturated carbocycles. The number of rotatable bonds is 6. The van der Waals surface area contributed by atoms with Crippen molar-refractivity contribution >= 4 is 11.7 Å². The van der Waals surface area contributed by atoms with Crippen molar-refractivity contribution in [3.63, 3.8) is 0 Å². The van der Waals surface area contributed by atoms with E-state index in [4.69, 9.17) is 10.5 Å². The number of Topliss-reactive ketones (excluding diaryl/α,β-unsaturated/α-hetero) is 1. The standard InChI is InChI=1S/C15H24N2O3/c1-13(18)5-3-4-6-15(14(16)19)7-9-17(10-8-15)11-12-20-2/h4,6-12H2,1-2H3,(H2,16,19). The number of methoxy groups -OCH3 is 1. The molecule has 0 aromatic heterocycles. The Hall–Kier alpha value is -1.38. The van der Waals surface area contributed by atoms with Crippen LogP contribution in [0.15, 0.2) is 0 Å². The maximum absolute atomic E-state index is 11.8. The lowest BCUT2D eigenvalue weighted by Gasteiger charge is -2.39. The van der Waals surface area contributed by atoms with Gasteiger partial charge in [-0.25, -0.2) is 0 Å². The fraction of sp³-hybridized carbons (Fsp3) is 0.733. The van der Waals surface area contributed by atoms with Crippen LogP contribution >= 0.6 is 0 Å². The molecule has 1 amide bonds. The highest BCUT2D eigenvalue weighted by Crippen LogP contribution is 2.35. The minimum Gasteiger partial charge on any atom is -0.383 e. The Kier molecular flexibility index (Phi) is 6.69. The van der Waals surface area contributed by atoms with E-state index < -0.39 is 5.41 Å². The first-order valence-corrected chi connectivity index (χ1v) is 7.01. The fourth-order valence-electron chi connectivity index (χ4n) is 2.53. The Morgan fingerprint density at radius 2 is 2.00 bits per heavy atom. The second-order valence-corrected chi connectivity index (χ2v) is 5.34. The topological polar surface area (TPSA) is 72.6 Å². The molecule has 5 nitrogen and oxygen atoms in total. The lowest BCUT2D eigenvalue weighted by Crippen LogP contribution is -2.47. The number of amides is 1. The first-order valence-electron chi connectivity index (χ1n) is 7.01. The third kappa shape index (κ3) is 4.95. The van der Waals surface area contributed by atoms with Gasteiger partial charge < -0.3 is 15.4 Å². The van der Waals surface area contributed by atoms with E-state index in [1.165, 1.54) is 6.92 Å². The summed E-state index contributed by atoms with van der Waals surface area (Å²) >= 11 is 0. The van der Waals surface area contributed by atoms with Gasteiger partial charge in [0.15, 0.2) is 0 Å². The van der Waals surface area contributed by atoms with Gasteiger partial charge in [-0.15, -0.1) is 0 Å². The van der Waals surface area contributed by atoms with Gasteiger partial charge in [0, 0.05) is 27.0 Å². The van der Waals surface area contributed by atoms with Crippen LogP contribution < -0.4 is 5.73 Å². The molecular formula is C15H24N2O3. The van der Waals surface area contributed by atoms with E-state index in [2.05, 4.69) is 16.7 Å². The maximum atomic E-state index is 11.8. The number of nitrogens with zero attached hydrogens (tertiary/aromatic N) is 1. The summed E-state index contributed by atoms with van der Waals surface area (Å²) in [4.78, 5) is 24.8. The average molecular weight is 280 g/mol. The molecule has 0 atom stereocenters. The molecule has 5 heteroatoms. The number of ether oxygens (including phenoxy) is 1. The quantitative estimate of drug-likeness (QED) is 0.570. The van der Waals surface area contributed by atoms with E-state index >= 15 is 0 Å². The van der Waals surface area contributed by atoms with E-state index in [1.54, 1.807) is 7.11 Å². The third-order valence-corrected chi connectivity index (χ3v) is 3.94. The minimum absolute atomic E-state index is 0.146. The van der Waals surface area contributed by atoms with Crippen LogP contribution in [-0.4, -0.2) is 49.9 Å². The Morgan fingerprint density at radius 1 is 1.35 bits per heavy atom. The molecule has 2 N–H and O–H groups in total. The summed E-state index contributed by atoms with van der Waals surface area (Å²) in [6.07, 6.45) is 2.70. The number of piperidine rings is 1. The number of carbonyl (C=O) groups excluding carboxylic acids is 2. The summed E-state index contributed by atoms with van der Waals surface area (Å²) < 4.78 is 5.06. The molecule has 1 aliphatic rings. The summed E-state index contributed by atoms with van der Waals surface area (Å²) in [6, 6.07) is 0. The molecule has 0 unspecified atom stereocenters. The van der Waals surface area contributed by atoms with Crippen LogP contribution in [0.5, 0.6) is 0 Å². The van der Waals surface area contributed by atoms with Crippen LogP contribution in [0.1, 0.15) is 32.6 Å². The average Bonchev–Trinajstić information content (AvgIpc) is 2.42. The first-order chi connectivity index (χ1) is 9.50. The van der Waals surface area contributed by atoms with E-state index in [0.29, 0.717) is 19.4 Å². The molecule has 0 radical (unpaired) electrons. The predicted octanol–water partition coefficient (Wildman–Crippen LogP) is 0.573. The van der Waals surface area contributed by atoms with Crippen molar-refractivity contribution in [3.05, 3.63) is 0 Å². The maximum Gasteiger partial charge on any atom is 0.223 e. The number of nitrogens with two attached hydrogens (primary N) is 1. The Morgan fingerprint density at radius 3 is 2.50 bits per heavy atom. The first kappa shape index (κ1) is 16.7. The van der Waals surface area contributed by atoms with Crippen molar-refractivity contribution in [2.24, 2.45) is 11.1 Å². The molecule has 1 heterocycles. The molecule has 1 fully saturated rings. The largest absolute Gasteiger partial charge is 0.383 e. The molecule has 0 aromatic carbocycles. The van der Waals surface area contributed by atoms with Crippen LogP contribution in [0.3, 0.4) is 0 Å². The van der Waals surface area contributed by atoms with E-state index in [-0.39, 0.29) is 11.7 Å². The molecule has 0 aromatic rings. The van der Waals surface area contributed by atoms with E-state index in [0.717, 1.165) is 32.5 Å². The summed E-state index contributed by atoms with van der Waals surface area (Å²) in [5, 5.41) is 0. The van der Waals surface area contributed by atoms with Crippen molar-refractivity contribution in [2.75, 3.05) is 33.4 Å². The smallest absolute Gasteiger partial charge is 0.223 e. The van der Waals surface area contributed by atoms with Crippen molar-refractivity contribution in [2.45, 2.75) is 32.6 Å².